The third-order valence-corrected chi connectivity index (χ3v) is 4.91. The molecule has 2 heterocycles. The van der Waals surface area contributed by atoms with E-state index in [4.69, 9.17) is 0 Å². The molecular weight excluding hydrogens is 314 g/mol. The highest BCUT2D eigenvalue weighted by Crippen LogP contribution is 2.43. The Morgan fingerprint density at radius 3 is 2.68 bits per heavy atom. The van der Waals surface area contributed by atoms with Crippen LogP contribution in [0.3, 0.4) is 0 Å². The Morgan fingerprint density at radius 2 is 1.92 bits per heavy atom. The number of carbonyl (C=O) groups excluding carboxylic acids is 1. The topological polar surface area (TPSA) is 68.4 Å². The number of aromatic hydroxyl groups is 1. The maximum Gasteiger partial charge on any atom is 0.252 e. The van der Waals surface area contributed by atoms with Crippen molar-refractivity contribution in [3.63, 3.8) is 0 Å². The fourth-order valence-corrected chi connectivity index (χ4v) is 3.91. The minimum Gasteiger partial charge on any atom is -0.508 e. The van der Waals surface area contributed by atoms with Crippen LogP contribution in [0.2, 0.25) is 0 Å². The molecular formula is C20H21N3O2. The van der Waals surface area contributed by atoms with Crippen molar-refractivity contribution < 1.29 is 9.90 Å². The summed E-state index contributed by atoms with van der Waals surface area (Å²) in [6.07, 6.45) is 0. The Labute approximate surface area is 146 Å². The third kappa shape index (κ3) is 2.31. The van der Waals surface area contributed by atoms with Gasteiger partial charge in [-0.25, -0.2) is 0 Å². The third-order valence-electron chi connectivity index (χ3n) is 4.91. The zero-order valence-electron chi connectivity index (χ0n) is 14.6. The number of nitrogens with one attached hydrogen (secondary N) is 2. The van der Waals surface area contributed by atoms with Crippen LogP contribution in [0.4, 0.5) is 0 Å². The number of para-hydroxylation sites is 1. The molecule has 3 N–H and O–H groups in total. The summed E-state index contributed by atoms with van der Waals surface area (Å²) >= 11 is 0. The molecule has 0 saturated carbocycles. The van der Waals surface area contributed by atoms with Crippen LogP contribution < -0.4 is 5.32 Å². The molecule has 0 fully saturated rings. The van der Waals surface area contributed by atoms with E-state index in [1.807, 2.05) is 39.2 Å². The number of phenols is 1. The minimum absolute atomic E-state index is 0.112. The average Bonchev–Trinajstić information content (AvgIpc) is 3.02. The Bertz CT molecular complexity index is 990. The molecule has 1 aromatic heterocycles. The Kier molecular flexibility index (Phi) is 3.37. The molecule has 5 heteroatoms. The van der Waals surface area contributed by atoms with Gasteiger partial charge in [-0.2, -0.15) is 0 Å². The number of fused-ring (bicyclic) bond motifs is 2. The lowest BCUT2D eigenvalue weighted by Crippen LogP contribution is -2.38. The van der Waals surface area contributed by atoms with Crippen LogP contribution >= 0.6 is 0 Å². The lowest BCUT2D eigenvalue weighted by molar-refractivity contribution is 0.0945. The van der Waals surface area contributed by atoms with Crippen LogP contribution in [-0.2, 0) is 12.1 Å². The van der Waals surface area contributed by atoms with Gasteiger partial charge in [-0.3, -0.25) is 4.79 Å². The van der Waals surface area contributed by atoms with Gasteiger partial charge in [0.2, 0.25) is 0 Å². The molecule has 1 aliphatic heterocycles. The molecule has 1 unspecified atom stereocenters. The number of nitrogens with zero attached hydrogens (tertiary/aromatic N) is 1. The fraction of sp³-hybridized carbons (Fsp3) is 0.250. The summed E-state index contributed by atoms with van der Waals surface area (Å²) in [6, 6.07) is 13.0. The van der Waals surface area contributed by atoms with Crippen molar-refractivity contribution in [1.82, 2.24) is 15.2 Å². The highest BCUT2D eigenvalue weighted by Gasteiger charge is 2.43. The van der Waals surface area contributed by atoms with E-state index in [2.05, 4.69) is 21.3 Å². The van der Waals surface area contributed by atoms with E-state index < -0.39 is 5.54 Å². The standard InChI is InChI=1S/C20H21N3O2/c1-20(15-10-12(24)8-9-13(15)19(25)22-20)18-14-6-4-5-7-16(14)21-17(18)11-23(2)3/h4-10,21,24H,11H2,1-3H3,(H,22,25). The number of benzene rings is 2. The molecule has 1 amide bonds. The average molecular weight is 335 g/mol. The van der Waals surface area contributed by atoms with E-state index in [1.54, 1.807) is 18.2 Å². The van der Waals surface area contributed by atoms with Crippen LogP contribution in [0.15, 0.2) is 42.5 Å². The first-order chi connectivity index (χ1) is 11.9. The zero-order chi connectivity index (χ0) is 17.8. The largest absolute Gasteiger partial charge is 0.508 e. The monoisotopic (exact) mass is 335 g/mol. The lowest BCUT2D eigenvalue weighted by Gasteiger charge is -2.28. The molecule has 0 aliphatic carbocycles. The molecule has 0 bridgehead atoms. The second-order valence-corrected chi connectivity index (χ2v) is 7.07. The van der Waals surface area contributed by atoms with Crippen molar-refractivity contribution in [3.05, 3.63) is 64.8 Å². The number of rotatable bonds is 3. The molecule has 5 nitrogen and oxygen atoms in total. The first-order valence-corrected chi connectivity index (χ1v) is 8.31. The number of H-pyrrole nitrogens is 1. The van der Waals surface area contributed by atoms with E-state index in [-0.39, 0.29) is 11.7 Å². The van der Waals surface area contributed by atoms with Gasteiger partial charge in [0.25, 0.3) is 5.91 Å². The van der Waals surface area contributed by atoms with Crippen LogP contribution in [0.5, 0.6) is 5.75 Å². The molecule has 128 valence electrons. The SMILES string of the molecule is CN(C)Cc1[nH]c2ccccc2c1C1(C)NC(=O)c2ccc(O)cc21. The van der Waals surface area contributed by atoms with Gasteiger partial charge in [0.05, 0.1) is 5.54 Å². The van der Waals surface area contributed by atoms with Gasteiger partial charge in [-0.1, -0.05) is 18.2 Å². The van der Waals surface area contributed by atoms with E-state index in [0.717, 1.165) is 34.3 Å². The van der Waals surface area contributed by atoms with E-state index in [0.29, 0.717) is 5.56 Å². The van der Waals surface area contributed by atoms with Gasteiger partial charge < -0.3 is 20.3 Å². The maximum absolute atomic E-state index is 12.5. The number of amides is 1. The Morgan fingerprint density at radius 1 is 1.16 bits per heavy atom. The predicted molar refractivity (Wildman–Crippen MR) is 97.7 cm³/mol. The predicted octanol–water partition coefficient (Wildman–Crippen LogP) is 2.94. The van der Waals surface area contributed by atoms with Crippen LogP contribution in [-0.4, -0.2) is 35.0 Å². The minimum atomic E-state index is -0.698. The maximum atomic E-state index is 12.5. The summed E-state index contributed by atoms with van der Waals surface area (Å²) in [5.74, 6) is 0.0501. The molecule has 3 aromatic rings. The molecule has 0 spiro atoms. The molecule has 1 aliphatic rings. The van der Waals surface area contributed by atoms with Gasteiger partial charge in [0, 0.05) is 34.3 Å². The molecule has 0 radical (unpaired) electrons. The van der Waals surface area contributed by atoms with E-state index >= 15 is 0 Å². The zero-order valence-corrected chi connectivity index (χ0v) is 14.6. The molecule has 4 rings (SSSR count). The number of hydrogen-bond acceptors (Lipinski definition) is 3. The van der Waals surface area contributed by atoms with Crippen molar-refractivity contribution in [1.29, 1.82) is 0 Å². The summed E-state index contributed by atoms with van der Waals surface area (Å²) in [7, 11) is 4.04. The second kappa shape index (κ2) is 5.36. The number of phenolic OH excluding ortho intramolecular Hbond substituents is 1. The fourth-order valence-electron chi connectivity index (χ4n) is 3.91. The number of carbonyl (C=O) groups is 1. The molecule has 25 heavy (non-hydrogen) atoms. The van der Waals surface area contributed by atoms with Crippen molar-refractivity contribution in [2.24, 2.45) is 0 Å². The summed E-state index contributed by atoms with van der Waals surface area (Å²) in [5, 5.41) is 14.2. The first-order valence-electron chi connectivity index (χ1n) is 8.31. The summed E-state index contributed by atoms with van der Waals surface area (Å²) in [6.45, 7) is 2.73. The Hall–Kier alpha value is -2.79. The lowest BCUT2D eigenvalue weighted by atomic mass is 9.83. The van der Waals surface area contributed by atoms with Crippen LogP contribution in [0.25, 0.3) is 10.9 Å². The van der Waals surface area contributed by atoms with E-state index in [1.165, 1.54) is 0 Å². The summed E-state index contributed by atoms with van der Waals surface area (Å²) in [5.41, 5.74) is 3.87. The van der Waals surface area contributed by atoms with Gasteiger partial charge in [-0.05, 0) is 50.8 Å². The second-order valence-electron chi connectivity index (χ2n) is 7.07. The number of aromatic amines is 1. The Balaban J connectivity index is 2.02. The van der Waals surface area contributed by atoms with Gasteiger partial charge in [-0.15, -0.1) is 0 Å². The van der Waals surface area contributed by atoms with Gasteiger partial charge in [0.1, 0.15) is 5.75 Å². The van der Waals surface area contributed by atoms with Crippen molar-refractivity contribution in [3.8, 4) is 5.75 Å². The number of hydrogen-bond donors (Lipinski definition) is 3. The molecule has 0 saturated heterocycles. The van der Waals surface area contributed by atoms with Crippen LogP contribution in [0.1, 0.15) is 34.1 Å². The van der Waals surface area contributed by atoms with E-state index in [9.17, 15) is 9.90 Å². The first kappa shape index (κ1) is 15.7. The van der Waals surface area contributed by atoms with Crippen molar-refractivity contribution in [2.45, 2.75) is 19.0 Å². The number of aromatic nitrogens is 1. The van der Waals surface area contributed by atoms with Crippen molar-refractivity contribution >= 4 is 16.8 Å². The normalized spacial score (nSPS) is 19.4. The van der Waals surface area contributed by atoms with Gasteiger partial charge >= 0.3 is 0 Å². The summed E-state index contributed by atoms with van der Waals surface area (Å²) < 4.78 is 0. The van der Waals surface area contributed by atoms with Crippen molar-refractivity contribution in [2.75, 3.05) is 14.1 Å². The van der Waals surface area contributed by atoms with Crippen LogP contribution in [0, 0.1) is 0 Å². The summed E-state index contributed by atoms with van der Waals surface area (Å²) in [4.78, 5) is 18.1. The highest BCUT2D eigenvalue weighted by atomic mass is 16.3. The molecule has 1 atom stereocenters. The van der Waals surface area contributed by atoms with Gasteiger partial charge in [0.15, 0.2) is 0 Å². The smallest absolute Gasteiger partial charge is 0.252 e. The quantitative estimate of drug-likeness (QED) is 0.689. The highest BCUT2D eigenvalue weighted by molar-refractivity contribution is 6.02. The molecule has 2 aromatic carbocycles.